The Morgan fingerprint density at radius 3 is 2.17 bits per heavy atom. The molecule has 0 fully saturated rings. The third-order valence-corrected chi connectivity index (χ3v) is 4.10. The minimum absolute atomic E-state index is 0.0615. The maximum absolute atomic E-state index is 12.5. The third kappa shape index (κ3) is 3.52. The molecule has 0 aliphatic carbocycles. The molecule has 0 spiro atoms. The third-order valence-electron chi connectivity index (χ3n) is 4.10. The summed E-state index contributed by atoms with van der Waals surface area (Å²) in [7, 11) is 1.67. The van der Waals surface area contributed by atoms with E-state index in [1.165, 1.54) is 10.1 Å². The van der Waals surface area contributed by atoms with Crippen LogP contribution in [0.1, 0.15) is 48.0 Å². The first-order valence-corrected chi connectivity index (χ1v) is 7.70. The van der Waals surface area contributed by atoms with E-state index in [1.807, 2.05) is 37.3 Å². The number of carbonyl (C=O) groups is 1. The number of pyridine rings is 1. The minimum Gasteiger partial charge on any atom is -0.322 e. The molecule has 0 saturated carbocycles. The molecule has 0 atom stereocenters. The monoisotopic (exact) mass is 312 g/mol. The molecule has 1 N–H and O–H groups in total. The second kappa shape index (κ2) is 6.03. The molecular weight excluding hydrogens is 288 g/mol. The SMILES string of the molecule is Cc1cc(C)n(C)c(=O)c1C(=O)Nc1ccc(C(C)(C)C)cc1. The summed E-state index contributed by atoms with van der Waals surface area (Å²) in [6.45, 7) is 10.0. The number of nitrogens with one attached hydrogen (secondary N) is 1. The van der Waals surface area contributed by atoms with Crippen LogP contribution in [0.2, 0.25) is 0 Å². The molecule has 1 aromatic carbocycles. The summed E-state index contributed by atoms with van der Waals surface area (Å²) >= 11 is 0. The molecule has 4 nitrogen and oxygen atoms in total. The summed E-state index contributed by atoms with van der Waals surface area (Å²) in [5.74, 6) is -0.369. The predicted octanol–water partition coefficient (Wildman–Crippen LogP) is 3.55. The highest BCUT2D eigenvalue weighted by molar-refractivity contribution is 6.05. The van der Waals surface area contributed by atoms with Crippen molar-refractivity contribution >= 4 is 11.6 Å². The molecule has 1 aromatic heterocycles. The van der Waals surface area contributed by atoms with Crippen molar-refractivity contribution in [3.63, 3.8) is 0 Å². The summed E-state index contributed by atoms with van der Waals surface area (Å²) in [4.78, 5) is 24.8. The van der Waals surface area contributed by atoms with E-state index in [4.69, 9.17) is 0 Å². The fraction of sp³-hybridized carbons (Fsp3) is 0.368. The van der Waals surface area contributed by atoms with Gasteiger partial charge < -0.3 is 9.88 Å². The van der Waals surface area contributed by atoms with E-state index in [2.05, 4.69) is 26.1 Å². The molecule has 1 heterocycles. The van der Waals surface area contributed by atoms with Gasteiger partial charge in [-0.25, -0.2) is 0 Å². The number of aryl methyl sites for hydroxylation is 2. The maximum Gasteiger partial charge on any atom is 0.263 e. The van der Waals surface area contributed by atoms with Crippen LogP contribution in [0.5, 0.6) is 0 Å². The minimum atomic E-state index is -0.369. The number of anilines is 1. The largest absolute Gasteiger partial charge is 0.322 e. The zero-order valence-corrected chi connectivity index (χ0v) is 14.7. The normalized spacial score (nSPS) is 11.4. The van der Waals surface area contributed by atoms with Crippen LogP contribution in [0.25, 0.3) is 0 Å². The highest BCUT2D eigenvalue weighted by Gasteiger charge is 2.17. The number of hydrogen-bond donors (Lipinski definition) is 1. The summed E-state index contributed by atoms with van der Waals surface area (Å²) < 4.78 is 1.49. The van der Waals surface area contributed by atoms with Crippen molar-refractivity contribution < 1.29 is 4.79 Å². The molecule has 1 amide bonds. The lowest BCUT2D eigenvalue weighted by molar-refractivity contribution is 0.102. The lowest BCUT2D eigenvalue weighted by atomic mass is 9.87. The number of benzene rings is 1. The second-order valence-electron chi connectivity index (χ2n) is 6.99. The molecule has 0 unspecified atom stereocenters. The van der Waals surface area contributed by atoms with Gasteiger partial charge in [0.25, 0.3) is 11.5 Å². The predicted molar refractivity (Wildman–Crippen MR) is 94.3 cm³/mol. The standard InChI is InChI=1S/C19H24N2O2/c1-12-11-13(2)21(6)18(23)16(12)17(22)20-15-9-7-14(8-10-15)19(3,4)5/h7-11H,1-6H3,(H,20,22). The van der Waals surface area contributed by atoms with E-state index in [1.54, 1.807) is 14.0 Å². The van der Waals surface area contributed by atoms with Crippen LogP contribution >= 0.6 is 0 Å². The van der Waals surface area contributed by atoms with E-state index in [0.29, 0.717) is 11.3 Å². The average Bonchev–Trinajstić information content (AvgIpc) is 2.44. The van der Waals surface area contributed by atoms with Gasteiger partial charge in [0.15, 0.2) is 0 Å². The van der Waals surface area contributed by atoms with Crippen molar-refractivity contribution in [2.75, 3.05) is 5.32 Å². The molecule has 2 aromatic rings. The highest BCUT2D eigenvalue weighted by Crippen LogP contribution is 2.23. The first-order valence-electron chi connectivity index (χ1n) is 7.70. The van der Waals surface area contributed by atoms with E-state index >= 15 is 0 Å². The number of hydrogen-bond acceptors (Lipinski definition) is 2. The number of carbonyl (C=O) groups excluding carboxylic acids is 1. The van der Waals surface area contributed by atoms with Crippen LogP contribution in [0.4, 0.5) is 5.69 Å². The molecule has 4 heteroatoms. The quantitative estimate of drug-likeness (QED) is 0.922. The van der Waals surface area contributed by atoms with Crippen molar-refractivity contribution in [2.24, 2.45) is 7.05 Å². The molecule has 0 bridgehead atoms. The van der Waals surface area contributed by atoms with Crippen LogP contribution in [0, 0.1) is 13.8 Å². The van der Waals surface area contributed by atoms with Gasteiger partial charge in [0.1, 0.15) is 5.56 Å². The Kier molecular flexibility index (Phi) is 4.46. The fourth-order valence-corrected chi connectivity index (χ4v) is 2.50. The Bertz CT molecular complexity index is 794. The van der Waals surface area contributed by atoms with E-state index in [0.717, 1.165) is 5.69 Å². The zero-order valence-electron chi connectivity index (χ0n) is 14.7. The van der Waals surface area contributed by atoms with Gasteiger partial charge in [-0.2, -0.15) is 0 Å². The van der Waals surface area contributed by atoms with Gasteiger partial charge in [-0.05, 0) is 48.6 Å². The number of nitrogens with zero attached hydrogens (tertiary/aromatic N) is 1. The Morgan fingerprint density at radius 1 is 1.09 bits per heavy atom. The van der Waals surface area contributed by atoms with Crippen molar-refractivity contribution in [3.8, 4) is 0 Å². The Balaban J connectivity index is 2.30. The topological polar surface area (TPSA) is 51.1 Å². The lowest BCUT2D eigenvalue weighted by Crippen LogP contribution is -2.30. The number of rotatable bonds is 2. The first kappa shape index (κ1) is 17.0. The number of aromatic nitrogens is 1. The van der Waals surface area contributed by atoms with Gasteiger partial charge >= 0.3 is 0 Å². The van der Waals surface area contributed by atoms with Gasteiger partial charge in [0.05, 0.1) is 0 Å². The molecule has 0 aliphatic rings. The Hall–Kier alpha value is -2.36. The molecule has 0 aliphatic heterocycles. The summed E-state index contributed by atoms with van der Waals surface area (Å²) in [5.41, 5.74) is 3.38. The lowest BCUT2D eigenvalue weighted by Gasteiger charge is -2.19. The average molecular weight is 312 g/mol. The molecule has 0 saturated heterocycles. The molecule has 0 radical (unpaired) electrons. The van der Waals surface area contributed by atoms with E-state index in [9.17, 15) is 9.59 Å². The van der Waals surface area contributed by atoms with Gasteiger partial charge in [0, 0.05) is 18.4 Å². The van der Waals surface area contributed by atoms with Crippen LogP contribution in [-0.4, -0.2) is 10.5 Å². The van der Waals surface area contributed by atoms with Gasteiger partial charge in [-0.3, -0.25) is 9.59 Å². The van der Waals surface area contributed by atoms with Crippen molar-refractivity contribution in [2.45, 2.75) is 40.0 Å². The molecule has 122 valence electrons. The second-order valence-corrected chi connectivity index (χ2v) is 6.99. The van der Waals surface area contributed by atoms with Crippen LogP contribution in [0.3, 0.4) is 0 Å². The Morgan fingerprint density at radius 2 is 1.65 bits per heavy atom. The van der Waals surface area contributed by atoms with Crippen molar-refractivity contribution in [1.82, 2.24) is 4.57 Å². The summed E-state index contributed by atoms with van der Waals surface area (Å²) in [6.07, 6.45) is 0. The van der Waals surface area contributed by atoms with Crippen LogP contribution in [-0.2, 0) is 12.5 Å². The van der Waals surface area contributed by atoms with E-state index < -0.39 is 0 Å². The van der Waals surface area contributed by atoms with Gasteiger partial charge in [0.2, 0.25) is 0 Å². The fourth-order valence-electron chi connectivity index (χ4n) is 2.50. The highest BCUT2D eigenvalue weighted by atomic mass is 16.2. The van der Waals surface area contributed by atoms with Crippen molar-refractivity contribution in [1.29, 1.82) is 0 Å². The van der Waals surface area contributed by atoms with Crippen LogP contribution < -0.4 is 10.9 Å². The summed E-state index contributed by atoms with van der Waals surface area (Å²) in [5, 5.41) is 2.81. The Labute approximate surface area is 137 Å². The maximum atomic E-state index is 12.5. The smallest absolute Gasteiger partial charge is 0.263 e. The molecule has 23 heavy (non-hydrogen) atoms. The molecular formula is C19H24N2O2. The van der Waals surface area contributed by atoms with Gasteiger partial charge in [-0.15, -0.1) is 0 Å². The zero-order chi connectivity index (χ0) is 17.4. The van der Waals surface area contributed by atoms with Crippen LogP contribution in [0.15, 0.2) is 35.1 Å². The van der Waals surface area contributed by atoms with E-state index in [-0.39, 0.29) is 22.4 Å². The summed E-state index contributed by atoms with van der Waals surface area (Å²) in [6, 6.07) is 9.57. The number of amides is 1. The first-order chi connectivity index (χ1) is 10.6. The van der Waals surface area contributed by atoms with Crippen molar-refractivity contribution in [3.05, 3.63) is 63.1 Å². The van der Waals surface area contributed by atoms with Gasteiger partial charge in [-0.1, -0.05) is 32.9 Å². The molecule has 2 rings (SSSR count).